The van der Waals surface area contributed by atoms with E-state index in [1.807, 2.05) is 54.4 Å². The van der Waals surface area contributed by atoms with Gasteiger partial charge in [0.1, 0.15) is 5.82 Å². The molecule has 0 atom stereocenters. The van der Waals surface area contributed by atoms with E-state index in [9.17, 15) is 14.0 Å². The summed E-state index contributed by atoms with van der Waals surface area (Å²) in [7, 11) is 1.88. The molecule has 0 aliphatic rings. The van der Waals surface area contributed by atoms with Crippen molar-refractivity contribution in [3.63, 3.8) is 0 Å². The predicted molar refractivity (Wildman–Crippen MR) is 110 cm³/mol. The lowest BCUT2D eigenvalue weighted by atomic mass is 10.1. The zero-order valence-electron chi connectivity index (χ0n) is 15.6. The smallest absolute Gasteiger partial charge is 0.257 e. The van der Waals surface area contributed by atoms with Crippen molar-refractivity contribution in [2.24, 2.45) is 0 Å². The molecule has 2 N–H and O–H groups in total. The molecule has 3 aromatic rings. The highest BCUT2D eigenvalue weighted by Crippen LogP contribution is 2.28. The summed E-state index contributed by atoms with van der Waals surface area (Å²) in [6.45, 7) is 1.29. The topological polar surface area (TPSA) is 61.4 Å². The van der Waals surface area contributed by atoms with Gasteiger partial charge in [0.15, 0.2) is 0 Å². The third kappa shape index (κ3) is 4.35. The average molecular weight is 377 g/mol. The highest BCUT2D eigenvalue weighted by Gasteiger charge is 2.16. The van der Waals surface area contributed by atoms with E-state index in [2.05, 4.69) is 10.6 Å². The summed E-state index contributed by atoms with van der Waals surface area (Å²) >= 11 is 0. The predicted octanol–water partition coefficient (Wildman–Crippen LogP) is 4.80. The monoisotopic (exact) mass is 377 g/mol. The van der Waals surface area contributed by atoms with Crippen LogP contribution in [0.2, 0.25) is 0 Å². The third-order valence-corrected chi connectivity index (χ3v) is 4.19. The summed E-state index contributed by atoms with van der Waals surface area (Å²) in [5, 5.41) is 5.17. The summed E-state index contributed by atoms with van der Waals surface area (Å²) in [4.78, 5) is 26.0. The quantitative estimate of drug-likeness (QED) is 0.671. The molecular formula is C22H20FN3O2. The number of nitrogens with one attached hydrogen (secondary N) is 2. The van der Waals surface area contributed by atoms with E-state index in [1.54, 1.807) is 12.1 Å². The van der Waals surface area contributed by atoms with E-state index >= 15 is 0 Å². The van der Waals surface area contributed by atoms with Gasteiger partial charge in [0.25, 0.3) is 5.91 Å². The Kier molecular flexibility index (Phi) is 5.69. The fourth-order valence-electron chi connectivity index (χ4n) is 2.84. The number of amides is 2. The molecule has 142 valence electrons. The second-order valence-electron chi connectivity index (χ2n) is 6.24. The Balaban J connectivity index is 1.87. The van der Waals surface area contributed by atoms with Crippen LogP contribution in [-0.4, -0.2) is 18.9 Å². The molecule has 3 aromatic carbocycles. The average Bonchev–Trinajstić information content (AvgIpc) is 2.70. The molecule has 0 saturated carbocycles. The maximum absolute atomic E-state index is 13.8. The highest BCUT2D eigenvalue weighted by molar-refractivity contribution is 6.08. The van der Waals surface area contributed by atoms with Crippen LogP contribution in [0.1, 0.15) is 17.3 Å². The number of nitrogens with zero attached hydrogens (tertiary/aromatic N) is 1. The van der Waals surface area contributed by atoms with Crippen LogP contribution in [0.5, 0.6) is 0 Å². The number of hydrogen-bond donors (Lipinski definition) is 2. The maximum Gasteiger partial charge on any atom is 0.257 e. The zero-order chi connectivity index (χ0) is 20.1. The third-order valence-electron chi connectivity index (χ3n) is 4.19. The summed E-state index contributed by atoms with van der Waals surface area (Å²) < 4.78 is 13.8. The zero-order valence-corrected chi connectivity index (χ0v) is 15.6. The number of halogens is 1. The molecule has 28 heavy (non-hydrogen) atoms. The summed E-state index contributed by atoms with van der Waals surface area (Å²) in [5.74, 6) is -1.30. The van der Waals surface area contributed by atoms with Crippen molar-refractivity contribution in [3.8, 4) is 0 Å². The van der Waals surface area contributed by atoms with Crippen molar-refractivity contribution in [3.05, 3.63) is 84.2 Å². The fraction of sp³-hybridized carbons (Fsp3) is 0.0909. The minimum Gasteiger partial charge on any atom is -0.344 e. The van der Waals surface area contributed by atoms with Crippen molar-refractivity contribution in [1.29, 1.82) is 0 Å². The molecule has 0 radical (unpaired) electrons. The number of hydrogen-bond acceptors (Lipinski definition) is 3. The molecule has 0 heterocycles. The van der Waals surface area contributed by atoms with Crippen molar-refractivity contribution in [2.45, 2.75) is 6.92 Å². The molecule has 3 rings (SSSR count). The maximum atomic E-state index is 13.8. The molecule has 0 fully saturated rings. The second kappa shape index (κ2) is 8.35. The fourth-order valence-corrected chi connectivity index (χ4v) is 2.84. The Morgan fingerprint density at radius 2 is 1.57 bits per heavy atom. The van der Waals surface area contributed by atoms with Crippen LogP contribution in [-0.2, 0) is 4.79 Å². The second-order valence-corrected chi connectivity index (χ2v) is 6.24. The van der Waals surface area contributed by atoms with Crippen LogP contribution < -0.4 is 15.5 Å². The van der Waals surface area contributed by atoms with E-state index in [4.69, 9.17) is 0 Å². The first kappa shape index (κ1) is 19.1. The van der Waals surface area contributed by atoms with Gasteiger partial charge in [0.05, 0.1) is 16.9 Å². The molecule has 2 amide bonds. The van der Waals surface area contributed by atoms with Crippen LogP contribution in [0.25, 0.3) is 0 Å². The molecule has 6 heteroatoms. The van der Waals surface area contributed by atoms with E-state index in [1.165, 1.54) is 25.1 Å². The normalized spacial score (nSPS) is 10.2. The van der Waals surface area contributed by atoms with Crippen molar-refractivity contribution in [1.82, 2.24) is 0 Å². The lowest BCUT2D eigenvalue weighted by Gasteiger charge is -2.22. The minimum atomic E-state index is -0.572. The summed E-state index contributed by atoms with van der Waals surface area (Å²) in [5.41, 5.74) is 2.54. The van der Waals surface area contributed by atoms with Gasteiger partial charge in [0.2, 0.25) is 5.91 Å². The van der Waals surface area contributed by atoms with Crippen molar-refractivity contribution < 1.29 is 14.0 Å². The van der Waals surface area contributed by atoms with Gasteiger partial charge in [-0.15, -0.1) is 0 Å². The lowest BCUT2D eigenvalue weighted by Crippen LogP contribution is -2.18. The van der Waals surface area contributed by atoms with E-state index in [-0.39, 0.29) is 11.6 Å². The van der Waals surface area contributed by atoms with Gasteiger partial charge in [-0.25, -0.2) is 4.39 Å². The lowest BCUT2D eigenvalue weighted by molar-refractivity contribution is -0.114. The van der Waals surface area contributed by atoms with Gasteiger partial charge >= 0.3 is 0 Å². The number of anilines is 4. The molecule has 0 saturated heterocycles. The molecule has 0 unspecified atom stereocenters. The first-order chi connectivity index (χ1) is 13.5. The standard InChI is InChI=1S/C22H20FN3O2/c1-15(27)24-20-14-16(12-13-19(20)23)25-22(28)18-10-6-7-11-21(18)26(2)17-8-4-3-5-9-17/h3-14H,1-2H3,(H,24,27)(H,25,28). The first-order valence-electron chi connectivity index (χ1n) is 8.72. The Morgan fingerprint density at radius 3 is 2.29 bits per heavy atom. The van der Waals surface area contributed by atoms with Gasteiger partial charge in [-0.2, -0.15) is 0 Å². The SMILES string of the molecule is CC(=O)Nc1cc(NC(=O)c2ccccc2N(C)c2ccccc2)ccc1F. The molecule has 0 bridgehead atoms. The van der Waals surface area contributed by atoms with Crippen molar-refractivity contribution >= 4 is 34.6 Å². The van der Waals surface area contributed by atoms with Gasteiger partial charge in [-0.1, -0.05) is 30.3 Å². The molecule has 0 spiro atoms. The van der Waals surface area contributed by atoms with Gasteiger partial charge in [0, 0.05) is 25.3 Å². The van der Waals surface area contributed by atoms with E-state index < -0.39 is 11.7 Å². The Hall–Kier alpha value is -3.67. The molecule has 0 aromatic heterocycles. The highest BCUT2D eigenvalue weighted by atomic mass is 19.1. The van der Waals surface area contributed by atoms with Crippen molar-refractivity contribution in [2.75, 3.05) is 22.6 Å². The number of carbonyl (C=O) groups excluding carboxylic acids is 2. The molecule has 0 aliphatic heterocycles. The van der Waals surface area contributed by atoms with Crippen LogP contribution >= 0.6 is 0 Å². The van der Waals surface area contributed by atoms with Crippen LogP contribution in [0, 0.1) is 5.82 Å². The number of rotatable bonds is 5. The van der Waals surface area contributed by atoms with E-state index in [0.717, 1.165) is 11.4 Å². The number of carbonyl (C=O) groups is 2. The minimum absolute atomic E-state index is 0.0139. The van der Waals surface area contributed by atoms with Gasteiger partial charge < -0.3 is 15.5 Å². The first-order valence-corrected chi connectivity index (χ1v) is 8.72. The summed E-state index contributed by atoms with van der Waals surface area (Å²) in [6.07, 6.45) is 0. The van der Waals surface area contributed by atoms with Gasteiger partial charge in [-0.05, 0) is 42.5 Å². The Morgan fingerprint density at radius 1 is 0.893 bits per heavy atom. The molecular weight excluding hydrogens is 357 g/mol. The van der Waals surface area contributed by atoms with Crippen LogP contribution in [0.15, 0.2) is 72.8 Å². The Bertz CT molecular complexity index is 1010. The number of benzene rings is 3. The molecule has 0 aliphatic carbocycles. The number of para-hydroxylation sites is 2. The Labute approximate surface area is 162 Å². The van der Waals surface area contributed by atoms with E-state index in [0.29, 0.717) is 11.3 Å². The van der Waals surface area contributed by atoms with Crippen LogP contribution in [0.4, 0.5) is 27.1 Å². The largest absolute Gasteiger partial charge is 0.344 e. The summed E-state index contributed by atoms with van der Waals surface area (Å²) in [6, 6.07) is 20.9. The molecule has 5 nitrogen and oxygen atoms in total. The van der Waals surface area contributed by atoms with Crippen LogP contribution in [0.3, 0.4) is 0 Å². The van der Waals surface area contributed by atoms with Gasteiger partial charge in [-0.3, -0.25) is 9.59 Å².